The van der Waals surface area contributed by atoms with E-state index in [-0.39, 0.29) is 11.6 Å². The molecule has 2 aliphatic rings. The van der Waals surface area contributed by atoms with E-state index >= 15 is 0 Å². The highest BCUT2D eigenvalue weighted by molar-refractivity contribution is 5.79. The predicted octanol–water partition coefficient (Wildman–Crippen LogP) is 4.30. The lowest BCUT2D eigenvalue weighted by Crippen LogP contribution is -2.38. The Morgan fingerprint density at radius 1 is 0.893 bits per heavy atom. The minimum atomic E-state index is -0.295. The van der Waals surface area contributed by atoms with E-state index in [0.717, 1.165) is 68.8 Å². The first kappa shape index (κ1) is 17.8. The van der Waals surface area contributed by atoms with Crippen molar-refractivity contribution in [1.29, 1.82) is 0 Å². The van der Waals surface area contributed by atoms with Gasteiger partial charge in [0.05, 0.1) is 5.69 Å². The van der Waals surface area contributed by atoms with Crippen LogP contribution in [0.2, 0.25) is 0 Å². The molecule has 5 rings (SSSR count). The van der Waals surface area contributed by atoms with Crippen LogP contribution in [0.3, 0.4) is 0 Å². The number of nitrogens with zero attached hydrogens (tertiary/aromatic N) is 3. The molecule has 0 saturated carbocycles. The summed E-state index contributed by atoms with van der Waals surface area (Å²) in [5.41, 5.74) is 3.86. The van der Waals surface area contributed by atoms with Crippen LogP contribution < -0.4 is 0 Å². The summed E-state index contributed by atoms with van der Waals surface area (Å²) in [5.74, 6) is -0.0791. The quantitative estimate of drug-likeness (QED) is 0.672. The number of hydrogen-bond acceptors (Lipinski definition) is 4. The van der Waals surface area contributed by atoms with Crippen molar-refractivity contribution < 1.29 is 13.3 Å². The lowest BCUT2D eigenvalue weighted by atomic mass is 9.91. The van der Waals surface area contributed by atoms with E-state index in [1.54, 1.807) is 18.2 Å². The minimum Gasteiger partial charge on any atom is -0.356 e. The molecule has 6 heteroatoms. The maximum atomic E-state index is 13.4. The van der Waals surface area contributed by atoms with E-state index < -0.39 is 0 Å². The topological polar surface area (TPSA) is 32.5 Å². The summed E-state index contributed by atoms with van der Waals surface area (Å²) in [6.07, 6.45) is 2.06. The second kappa shape index (κ2) is 7.26. The Morgan fingerprint density at radius 2 is 1.61 bits per heavy atom. The van der Waals surface area contributed by atoms with Gasteiger partial charge in [0.2, 0.25) is 0 Å². The lowest BCUT2D eigenvalue weighted by Gasteiger charge is -2.32. The van der Waals surface area contributed by atoms with E-state index in [4.69, 9.17) is 4.52 Å². The van der Waals surface area contributed by atoms with Crippen molar-refractivity contribution >= 4 is 11.0 Å². The number of fused-ring (bicyclic) bond motifs is 2. The van der Waals surface area contributed by atoms with Crippen LogP contribution in [0, 0.1) is 11.6 Å². The molecule has 0 amide bonds. The smallest absolute Gasteiger partial charge is 0.170 e. The highest BCUT2D eigenvalue weighted by Crippen LogP contribution is 2.33. The third kappa shape index (κ3) is 3.42. The molecule has 1 aromatic heterocycles. The molecule has 1 fully saturated rings. The summed E-state index contributed by atoms with van der Waals surface area (Å²) in [7, 11) is 0. The number of rotatable bonds is 4. The summed E-state index contributed by atoms with van der Waals surface area (Å²) < 4.78 is 32.0. The summed E-state index contributed by atoms with van der Waals surface area (Å²) in [6, 6.07) is 9.77. The van der Waals surface area contributed by atoms with Crippen molar-refractivity contribution in [2.75, 3.05) is 26.2 Å². The third-order valence-electron chi connectivity index (χ3n) is 6.12. The molecule has 0 atom stereocenters. The predicted molar refractivity (Wildman–Crippen MR) is 103 cm³/mol. The van der Waals surface area contributed by atoms with Crippen molar-refractivity contribution in [1.82, 2.24) is 15.0 Å². The number of benzene rings is 2. The summed E-state index contributed by atoms with van der Waals surface area (Å²) in [6.45, 7) is 5.81. The zero-order valence-corrected chi connectivity index (χ0v) is 15.7. The zero-order chi connectivity index (χ0) is 19.1. The second-order valence-electron chi connectivity index (χ2n) is 7.95. The number of piperidine rings is 1. The highest BCUT2D eigenvalue weighted by Gasteiger charge is 2.26. The molecule has 146 valence electrons. The van der Waals surface area contributed by atoms with E-state index in [0.29, 0.717) is 11.5 Å². The van der Waals surface area contributed by atoms with Crippen LogP contribution >= 0.6 is 0 Å². The molecular weight excluding hydrogens is 360 g/mol. The van der Waals surface area contributed by atoms with Gasteiger partial charge in [0.1, 0.15) is 11.6 Å². The van der Waals surface area contributed by atoms with Gasteiger partial charge in [-0.25, -0.2) is 8.78 Å². The monoisotopic (exact) mass is 383 g/mol. The molecule has 0 aliphatic carbocycles. The van der Waals surface area contributed by atoms with Gasteiger partial charge < -0.3 is 9.42 Å². The SMILES string of the molecule is Fc1ccc2c(c1)CN(CCN1CCC(c3noc4cc(F)ccc34)CC1)C2. The first-order valence-corrected chi connectivity index (χ1v) is 9.92. The van der Waals surface area contributed by atoms with Gasteiger partial charge in [0.15, 0.2) is 5.58 Å². The molecule has 0 unspecified atom stereocenters. The molecule has 28 heavy (non-hydrogen) atoms. The average molecular weight is 383 g/mol. The standard InChI is InChI=1S/C22H23F2N3O/c23-18-2-1-16-13-27(14-17(16)11-18)10-9-26-7-5-15(6-8-26)22-20-4-3-19(24)12-21(20)28-25-22/h1-4,11-12,15H,5-10,13-14H2. The van der Waals surface area contributed by atoms with Crippen molar-refractivity contribution in [3.8, 4) is 0 Å². The third-order valence-corrected chi connectivity index (χ3v) is 6.12. The first-order valence-electron chi connectivity index (χ1n) is 9.92. The number of hydrogen-bond donors (Lipinski definition) is 0. The van der Waals surface area contributed by atoms with Crippen LogP contribution in [-0.2, 0) is 13.1 Å². The van der Waals surface area contributed by atoms with Crippen LogP contribution in [0.25, 0.3) is 11.0 Å². The maximum absolute atomic E-state index is 13.4. The minimum absolute atomic E-state index is 0.147. The van der Waals surface area contributed by atoms with Crippen LogP contribution in [0.15, 0.2) is 40.9 Å². The number of aromatic nitrogens is 1. The fraction of sp³-hybridized carbons (Fsp3) is 0.409. The molecule has 2 aromatic carbocycles. The molecule has 2 aliphatic heterocycles. The van der Waals surface area contributed by atoms with Crippen molar-refractivity contribution in [2.24, 2.45) is 0 Å². The second-order valence-corrected chi connectivity index (χ2v) is 7.95. The fourth-order valence-electron chi connectivity index (χ4n) is 4.53. The van der Waals surface area contributed by atoms with Gasteiger partial charge in [-0.3, -0.25) is 4.90 Å². The Balaban J connectivity index is 1.15. The molecule has 0 spiro atoms. The Morgan fingerprint density at radius 3 is 2.46 bits per heavy atom. The normalized spacial score (nSPS) is 18.8. The Kier molecular flexibility index (Phi) is 4.61. The highest BCUT2D eigenvalue weighted by atomic mass is 19.1. The van der Waals surface area contributed by atoms with Crippen LogP contribution in [0.1, 0.15) is 35.6 Å². The molecule has 0 N–H and O–H groups in total. The molecule has 0 bridgehead atoms. The fourth-order valence-corrected chi connectivity index (χ4v) is 4.53. The summed E-state index contributed by atoms with van der Waals surface area (Å²) >= 11 is 0. The van der Waals surface area contributed by atoms with Gasteiger partial charge in [0.25, 0.3) is 0 Å². The van der Waals surface area contributed by atoms with E-state index in [1.807, 2.05) is 6.07 Å². The number of halogens is 2. The molecular formula is C22H23F2N3O. The van der Waals surface area contributed by atoms with Crippen molar-refractivity contribution in [3.05, 3.63) is 64.9 Å². The Hall–Kier alpha value is -2.31. The summed E-state index contributed by atoms with van der Waals surface area (Å²) in [4.78, 5) is 4.87. The maximum Gasteiger partial charge on any atom is 0.170 e. The molecule has 0 radical (unpaired) electrons. The number of likely N-dealkylation sites (tertiary alicyclic amines) is 1. The largest absolute Gasteiger partial charge is 0.356 e. The lowest BCUT2D eigenvalue weighted by molar-refractivity contribution is 0.171. The van der Waals surface area contributed by atoms with Crippen LogP contribution in [0.4, 0.5) is 8.78 Å². The average Bonchev–Trinajstić information content (AvgIpc) is 3.29. The van der Waals surface area contributed by atoms with Gasteiger partial charge in [-0.1, -0.05) is 11.2 Å². The van der Waals surface area contributed by atoms with Gasteiger partial charge >= 0.3 is 0 Å². The van der Waals surface area contributed by atoms with Gasteiger partial charge in [0, 0.05) is 43.5 Å². The molecule has 3 aromatic rings. The van der Waals surface area contributed by atoms with E-state index in [9.17, 15) is 8.78 Å². The van der Waals surface area contributed by atoms with Gasteiger partial charge in [-0.2, -0.15) is 0 Å². The molecule has 4 nitrogen and oxygen atoms in total. The van der Waals surface area contributed by atoms with E-state index in [2.05, 4.69) is 15.0 Å². The van der Waals surface area contributed by atoms with Crippen LogP contribution in [0.5, 0.6) is 0 Å². The van der Waals surface area contributed by atoms with Crippen molar-refractivity contribution in [2.45, 2.75) is 31.8 Å². The zero-order valence-electron chi connectivity index (χ0n) is 15.7. The van der Waals surface area contributed by atoms with Crippen LogP contribution in [-0.4, -0.2) is 41.1 Å². The molecule has 3 heterocycles. The van der Waals surface area contributed by atoms with E-state index in [1.165, 1.54) is 17.7 Å². The Bertz CT molecular complexity index is 995. The summed E-state index contributed by atoms with van der Waals surface area (Å²) in [5, 5.41) is 5.16. The molecule has 1 saturated heterocycles. The first-order chi connectivity index (χ1) is 13.7. The van der Waals surface area contributed by atoms with Crippen molar-refractivity contribution in [3.63, 3.8) is 0 Å². The Labute approximate surface area is 162 Å². The van der Waals surface area contributed by atoms with Gasteiger partial charge in [-0.05, 0) is 61.3 Å². The van der Waals surface area contributed by atoms with Gasteiger partial charge in [-0.15, -0.1) is 0 Å².